The van der Waals surface area contributed by atoms with Crippen LogP contribution in [0.2, 0.25) is 0 Å². The number of nitrogens with one attached hydrogen (secondary N) is 1. The van der Waals surface area contributed by atoms with E-state index in [4.69, 9.17) is 0 Å². The lowest BCUT2D eigenvalue weighted by Crippen LogP contribution is -2.20. The minimum atomic E-state index is 0.550. The summed E-state index contributed by atoms with van der Waals surface area (Å²) in [4.78, 5) is 8.98. The van der Waals surface area contributed by atoms with Crippen LogP contribution in [0.15, 0.2) is 6.07 Å². The number of hydrogen-bond acceptors (Lipinski definition) is 3. The Hall–Kier alpha value is -1.12. The molecule has 0 saturated carbocycles. The van der Waals surface area contributed by atoms with Gasteiger partial charge in [-0.3, -0.25) is 0 Å². The van der Waals surface area contributed by atoms with Gasteiger partial charge < -0.3 is 5.32 Å². The zero-order valence-corrected chi connectivity index (χ0v) is 12.3. The van der Waals surface area contributed by atoms with Gasteiger partial charge >= 0.3 is 0 Å². The largest absolute Gasteiger partial charge is 0.367 e. The summed E-state index contributed by atoms with van der Waals surface area (Å²) in [5, 5.41) is 3.58. The van der Waals surface area contributed by atoms with Crippen molar-refractivity contribution in [3.05, 3.63) is 17.6 Å². The minimum absolute atomic E-state index is 0.550. The second kappa shape index (κ2) is 8.06. The Balaban J connectivity index is 2.69. The maximum Gasteiger partial charge on any atom is 0.130 e. The van der Waals surface area contributed by atoms with Gasteiger partial charge in [0, 0.05) is 24.2 Å². The number of aryl methyl sites for hydroxylation is 2. The van der Waals surface area contributed by atoms with Crippen LogP contribution in [0.5, 0.6) is 0 Å². The van der Waals surface area contributed by atoms with Crippen molar-refractivity contribution in [2.24, 2.45) is 0 Å². The molecule has 1 unspecified atom stereocenters. The van der Waals surface area contributed by atoms with Crippen LogP contribution in [-0.4, -0.2) is 16.0 Å². The van der Waals surface area contributed by atoms with E-state index in [0.29, 0.717) is 6.04 Å². The Morgan fingerprint density at radius 1 is 1.11 bits per heavy atom. The summed E-state index contributed by atoms with van der Waals surface area (Å²) in [7, 11) is 0. The zero-order valence-electron chi connectivity index (χ0n) is 12.3. The normalized spacial score (nSPS) is 12.4. The SMILES string of the molecule is CCCCC(CCC)Nc1cc(C)nc(CC)n1. The van der Waals surface area contributed by atoms with E-state index in [-0.39, 0.29) is 0 Å². The molecule has 3 heteroatoms. The summed E-state index contributed by atoms with van der Waals surface area (Å²) >= 11 is 0. The Bertz CT molecular complexity index is 350. The molecule has 0 amide bonds. The third-order valence-corrected chi connectivity index (χ3v) is 3.11. The average Bonchev–Trinajstić information content (AvgIpc) is 2.35. The molecular weight excluding hydrogens is 222 g/mol. The van der Waals surface area contributed by atoms with Crippen molar-refractivity contribution in [2.75, 3.05) is 5.32 Å². The molecule has 0 aliphatic heterocycles. The summed E-state index contributed by atoms with van der Waals surface area (Å²) in [6, 6.07) is 2.60. The predicted molar refractivity (Wildman–Crippen MR) is 78.0 cm³/mol. The third-order valence-electron chi connectivity index (χ3n) is 3.11. The lowest BCUT2D eigenvalue weighted by atomic mass is 10.1. The first-order valence-electron chi connectivity index (χ1n) is 7.30. The molecule has 18 heavy (non-hydrogen) atoms. The Morgan fingerprint density at radius 3 is 2.50 bits per heavy atom. The second-order valence-corrected chi connectivity index (χ2v) is 4.94. The summed E-state index contributed by atoms with van der Waals surface area (Å²) in [5.41, 5.74) is 1.05. The van der Waals surface area contributed by atoms with Crippen molar-refractivity contribution in [1.29, 1.82) is 0 Å². The first-order valence-corrected chi connectivity index (χ1v) is 7.30. The lowest BCUT2D eigenvalue weighted by Gasteiger charge is -2.19. The topological polar surface area (TPSA) is 37.8 Å². The molecule has 3 nitrogen and oxygen atoms in total. The van der Waals surface area contributed by atoms with E-state index in [1.807, 2.05) is 13.0 Å². The number of rotatable bonds is 8. The molecule has 1 heterocycles. The predicted octanol–water partition coefficient (Wildman–Crippen LogP) is 4.12. The van der Waals surface area contributed by atoms with Crippen LogP contribution in [0.3, 0.4) is 0 Å². The van der Waals surface area contributed by atoms with Gasteiger partial charge in [0.15, 0.2) is 0 Å². The number of nitrogens with zero attached hydrogens (tertiary/aromatic N) is 2. The van der Waals surface area contributed by atoms with Gasteiger partial charge in [-0.2, -0.15) is 0 Å². The van der Waals surface area contributed by atoms with Crippen molar-refractivity contribution in [1.82, 2.24) is 9.97 Å². The van der Waals surface area contributed by atoms with E-state index in [9.17, 15) is 0 Å². The molecule has 0 radical (unpaired) electrons. The van der Waals surface area contributed by atoms with Crippen LogP contribution in [0.25, 0.3) is 0 Å². The van der Waals surface area contributed by atoms with E-state index < -0.39 is 0 Å². The molecular formula is C15H27N3. The molecule has 0 aliphatic rings. The molecule has 0 saturated heterocycles. The van der Waals surface area contributed by atoms with Crippen molar-refractivity contribution in [2.45, 2.75) is 72.3 Å². The fourth-order valence-corrected chi connectivity index (χ4v) is 2.16. The smallest absolute Gasteiger partial charge is 0.130 e. The minimum Gasteiger partial charge on any atom is -0.367 e. The third kappa shape index (κ3) is 5.03. The fraction of sp³-hybridized carbons (Fsp3) is 0.733. The van der Waals surface area contributed by atoms with Gasteiger partial charge in [-0.15, -0.1) is 0 Å². The Labute approximate surface area is 111 Å². The van der Waals surface area contributed by atoms with Gasteiger partial charge in [-0.25, -0.2) is 9.97 Å². The number of unbranched alkanes of at least 4 members (excludes halogenated alkanes) is 1. The van der Waals surface area contributed by atoms with Crippen LogP contribution in [0.1, 0.15) is 64.4 Å². The van der Waals surface area contributed by atoms with Gasteiger partial charge in [0.05, 0.1) is 0 Å². The molecule has 0 bridgehead atoms. The highest BCUT2D eigenvalue weighted by molar-refractivity contribution is 5.36. The molecule has 0 aromatic carbocycles. The van der Waals surface area contributed by atoms with E-state index in [2.05, 4.69) is 36.1 Å². The molecule has 0 aliphatic carbocycles. The lowest BCUT2D eigenvalue weighted by molar-refractivity contribution is 0.562. The highest BCUT2D eigenvalue weighted by Crippen LogP contribution is 2.14. The maximum absolute atomic E-state index is 4.56. The summed E-state index contributed by atoms with van der Waals surface area (Å²) in [6.07, 6.45) is 7.09. The molecule has 1 N–H and O–H groups in total. The van der Waals surface area contributed by atoms with Gasteiger partial charge in [0.2, 0.25) is 0 Å². The summed E-state index contributed by atoms with van der Waals surface area (Å²) in [6.45, 7) is 8.61. The van der Waals surface area contributed by atoms with Gasteiger partial charge in [-0.1, -0.05) is 40.0 Å². The summed E-state index contributed by atoms with van der Waals surface area (Å²) < 4.78 is 0. The first-order chi connectivity index (χ1) is 8.69. The first kappa shape index (κ1) is 14.9. The molecule has 1 aromatic heterocycles. The molecule has 1 rings (SSSR count). The standard InChI is InChI=1S/C15H27N3/c1-5-8-10-13(9-6-2)17-15-11-12(4)16-14(7-3)18-15/h11,13H,5-10H2,1-4H3,(H,16,17,18). The Morgan fingerprint density at radius 2 is 1.89 bits per heavy atom. The number of anilines is 1. The van der Waals surface area contributed by atoms with E-state index in [1.54, 1.807) is 0 Å². The molecule has 102 valence electrons. The molecule has 1 atom stereocenters. The van der Waals surface area contributed by atoms with Gasteiger partial charge in [-0.05, 0) is 19.8 Å². The van der Waals surface area contributed by atoms with E-state index in [1.165, 1.54) is 32.1 Å². The maximum atomic E-state index is 4.56. The average molecular weight is 249 g/mol. The monoisotopic (exact) mass is 249 g/mol. The van der Waals surface area contributed by atoms with Crippen molar-refractivity contribution < 1.29 is 0 Å². The fourth-order valence-electron chi connectivity index (χ4n) is 2.16. The number of hydrogen-bond donors (Lipinski definition) is 1. The van der Waals surface area contributed by atoms with Crippen molar-refractivity contribution in [3.63, 3.8) is 0 Å². The van der Waals surface area contributed by atoms with Crippen molar-refractivity contribution >= 4 is 5.82 Å². The number of aromatic nitrogens is 2. The van der Waals surface area contributed by atoms with Crippen LogP contribution >= 0.6 is 0 Å². The van der Waals surface area contributed by atoms with Crippen LogP contribution in [0.4, 0.5) is 5.82 Å². The van der Waals surface area contributed by atoms with Gasteiger partial charge in [0.25, 0.3) is 0 Å². The van der Waals surface area contributed by atoms with Crippen molar-refractivity contribution in [3.8, 4) is 0 Å². The Kier molecular flexibility index (Phi) is 6.69. The zero-order chi connectivity index (χ0) is 13.4. The van der Waals surface area contributed by atoms with Crippen LogP contribution < -0.4 is 5.32 Å². The summed E-state index contributed by atoms with van der Waals surface area (Å²) in [5.74, 6) is 1.93. The van der Waals surface area contributed by atoms with Gasteiger partial charge in [0.1, 0.15) is 11.6 Å². The van der Waals surface area contributed by atoms with Crippen LogP contribution in [-0.2, 0) is 6.42 Å². The van der Waals surface area contributed by atoms with E-state index in [0.717, 1.165) is 23.8 Å². The van der Waals surface area contributed by atoms with E-state index >= 15 is 0 Å². The quantitative estimate of drug-likeness (QED) is 0.753. The molecule has 0 fully saturated rings. The highest BCUT2D eigenvalue weighted by atomic mass is 15.0. The molecule has 0 spiro atoms. The molecule has 1 aromatic rings. The second-order valence-electron chi connectivity index (χ2n) is 4.94. The highest BCUT2D eigenvalue weighted by Gasteiger charge is 2.09. The van der Waals surface area contributed by atoms with Crippen LogP contribution in [0, 0.1) is 6.92 Å².